The number of aromatic hydroxyl groups is 1. The van der Waals surface area contributed by atoms with Crippen molar-refractivity contribution in [1.29, 1.82) is 0 Å². The van der Waals surface area contributed by atoms with Gasteiger partial charge in [0.15, 0.2) is 0 Å². The molecule has 0 amide bonds. The molecule has 0 fully saturated rings. The molecule has 0 aromatic heterocycles. The third-order valence-corrected chi connectivity index (χ3v) is 3.30. The summed E-state index contributed by atoms with van der Waals surface area (Å²) in [6, 6.07) is 1.83. The van der Waals surface area contributed by atoms with Gasteiger partial charge in [-0.3, -0.25) is 0 Å². The van der Waals surface area contributed by atoms with Crippen LogP contribution in [-0.2, 0) is 0 Å². The van der Waals surface area contributed by atoms with E-state index >= 15 is 0 Å². The minimum absolute atomic E-state index is 0.154. The molecule has 3 nitrogen and oxygen atoms in total. The second-order valence-corrected chi connectivity index (χ2v) is 4.11. The van der Waals surface area contributed by atoms with Crippen LogP contribution in [-0.4, -0.2) is 16.8 Å². The lowest BCUT2D eigenvalue weighted by Gasteiger charge is -2.15. The third-order valence-electron chi connectivity index (χ3n) is 2.30. The number of hydrogen-bond donors (Lipinski definition) is 3. The Hall–Kier alpha value is -0.580. The number of phenols is 1. The van der Waals surface area contributed by atoms with Crippen molar-refractivity contribution in [1.82, 2.24) is 0 Å². The number of nitrogens with two attached hydrogens (primary N) is 1. The van der Waals surface area contributed by atoms with Crippen molar-refractivity contribution < 1.29 is 10.2 Å². The monoisotopic (exact) mass is 259 g/mol. The molecule has 1 aromatic rings. The molecule has 1 aromatic carbocycles. The smallest absolute Gasteiger partial charge is 0.133 e. The molecular formula is C10H14BrNO2. The fourth-order valence-electron chi connectivity index (χ4n) is 1.37. The van der Waals surface area contributed by atoms with Gasteiger partial charge in [0, 0.05) is 6.54 Å². The molecule has 1 atom stereocenters. The zero-order chi connectivity index (χ0) is 10.9. The summed E-state index contributed by atoms with van der Waals surface area (Å²) in [7, 11) is 0. The standard InChI is InChI=1S/C10H14BrNO2/c1-5-3-7(8(13)4-12)6(2)10(14)9(5)11/h3,8,13-14H,4,12H2,1-2H3. The molecule has 0 bridgehead atoms. The van der Waals surface area contributed by atoms with E-state index in [1.54, 1.807) is 6.92 Å². The van der Waals surface area contributed by atoms with Crippen LogP contribution in [0.5, 0.6) is 5.75 Å². The van der Waals surface area contributed by atoms with Crippen LogP contribution in [0.4, 0.5) is 0 Å². The Kier molecular flexibility index (Phi) is 3.53. The molecule has 0 aliphatic carbocycles. The number of phenolic OH excluding ortho intramolecular Hbond substituents is 1. The van der Waals surface area contributed by atoms with E-state index in [-0.39, 0.29) is 12.3 Å². The second kappa shape index (κ2) is 4.29. The predicted molar refractivity (Wildman–Crippen MR) is 59.3 cm³/mol. The summed E-state index contributed by atoms with van der Waals surface area (Å²) in [5, 5.41) is 19.3. The van der Waals surface area contributed by atoms with E-state index in [1.807, 2.05) is 13.0 Å². The highest BCUT2D eigenvalue weighted by Crippen LogP contribution is 2.35. The summed E-state index contributed by atoms with van der Waals surface area (Å²) in [4.78, 5) is 0. The van der Waals surface area contributed by atoms with Gasteiger partial charge in [0.2, 0.25) is 0 Å². The van der Waals surface area contributed by atoms with Gasteiger partial charge in [-0.05, 0) is 46.5 Å². The number of halogens is 1. The highest BCUT2D eigenvalue weighted by Gasteiger charge is 2.15. The molecule has 1 unspecified atom stereocenters. The number of aryl methyl sites for hydroxylation is 1. The van der Waals surface area contributed by atoms with Gasteiger partial charge in [-0.2, -0.15) is 0 Å². The molecule has 14 heavy (non-hydrogen) atoms. The van der Waals surface area contributed by atoms with E-state index in [9.17, 15) is 10.2 Å². The van der Waals surface area contributed by atoms with Crippen molar-refractivity contribution in [3.63, 3.8) is 0 Å². The van der Waals surface area contributed by atoms with Gasteiger partial charge in [0.1, 0.15) is 5.75 Å². The Morgan fingerprint density at radius 3 is 2.57 bits per heavy atom. The Bertz CT molecular complexity index is 352. The molecule has 4 heteroatoms. The fraction of sp³-hybridized carbons (Fsp3) is 0.400. The SMILES string of the molecule is Cc1cc(C(O)CN)c(C)c(O)c1Br. The van der Waals surface area contributed by atoms with Crippen molar-refractivity contribution in [2.24, 2.45) is 5.73 Å². The maximum absolute atomic E-state index is 9.71. The summed E-state index contributed by atoms with van der Waals surface area (Å²) in [5.41, 5.74) is 7.61. The zero-order valence-electron chi connectivity index (χ0n) is 8.21. The second-order valence-electron chi connectivity index (χ2n) is 3.32. The summed E-state index contributed by atoms with van der Waals surface area (Å²) in [5.74, 6) is 0.174. The lowest BCUT2D eigenvalue weighted by atomic mass is 10.00. The number of rotatable bonds is 2. The summed E-state index contributed by atoms with van der Waals surface area (Å²) >= 11 is 3.27. The number of benzene rings is 1. The number of hydrogen-bond acceptors (Lipinski definition) is 3. The van der Waals surface area contributed by atoms with Gasteiger partial charge in [-0.25, -0.2) is 0 Å². The zero-order valence-corrected chi connectivity index (χ0v) is 9.80. The van der Waals surface area contributed by atoms with E-state index in [1.165, 1.54) is 0 Å². The van der Waals surface area contributed by atoms with Crippen molar-refractivity contribution in [2.75, 3.05) is 6.54 Å². The lowest BCUT2D eigenvalue weighted by molar-refractivity contribution is 0.185. The van der Waals surface area contributed by atoms with Gasteiger partial charge in [-0.15, -0.1) is 0 Å². The Balaban J connectivity index is 3.33. The molecule has 0 radical (unpaired) electrons. The summed E-state index contributed by atoms with van der Waals surface area (Å²) in [6.45, 7) is 3.77. The van der Waals surface area contributed by atoms with E-state index < -0.39 is 6.10 Å². The number of aliphatic hydroxyl groups excluding tert-OH is 1. The first-order valence-corrected chi connectivity index (χ1v) is 5.15. The van der Waals surface area contributed by atoms with E-state index in [4.69, 9.17) is 5.73 Å². The van der Waals surface area contributed by atoms with Crippen LogP contribution in [0.25, 0.3) is 0 Å². The molecular weight excluding hydrogens is 246 g/mol. The molecule has 4 N–H and O–H groups in total. The first-order chi connectivity index (χ1) is 6.49. The quantitative estimate of drug-likeness (QED) is 0.759. The molecule has 0 saturated carbocycles. The van der Waals surface area contributed by atoms with Gasteiger partial charge < -0.3 is 15.9 Å². The minimum Gasteiger partial charge on any atom is -0.506 e. The van der Waals surface area contributed by atoms with Crippen molar-refractivity contribution in [3.05, 3.63) is 27.2 Å². The molecule has 78 valence electrons. The Morgan fingerprint density at radius 2 is 2.07 bits per heavy atom. The highest BCUT2D eigenvalue weighted by atomic mass is 79.9. The summed E-state index contributed by atoms with van der Waals surface area (Å²) in [6.07, 6.45) is -0.715. The van der Waals surface area contributed by atoms with Gasteiger partial charge >= 0.3 is 0 Å². The van der Waals surface area contributed by atoms with Crippen LogP contribution in [0.15, 0.2) is 10.5 Å². The van der Waals surface area contributed by atoms with Crippen LogP contribution in [0, 0.1) is 13.8 Å². The Labute approximate surface area is 91.7 Å². The predicted octanol–water partition coefficient (Wildman–Crippen LogP) is 1.76. The van der Waals surface area contributed by atoms with E-state index in [0.717, 1.165) is 5.56 Å². The van der Waals surface area contributed by atoms with Gasteiger partial charge in [-0.1, -0.05) is 6.07 Å². The largest absolute Gasteiger partial charge is 0.506 e. The van der Waals surface area contributed by atoms with Gasteiger partial charge in [0.25, 0.3) is 0 Å². The molecule has 0 aliphatic heterocycles. The maximum atomic E-state index is 9.71. The van der Waals surface area contributed by atoms with Gasteiger partial charge in [0.05, 0.1) is 10.6 Å². The molecule has 0 heterocycles. The molecule has 0 saturated heterocycles. The minimum atomic E-state index is -0.715. The first-order valence-electron chi connectivity index (χ1n) is 4.35. The van der Waals surface area contributed by atoms with Crippen molar-refractivity contribution >= 4 is 15.9 Å². The lowest BCUT2D eigenvalue weighted by Crippen LogP contribution is -2.13. The average molecular weight is 260 g/mol. The van der Waals surface area contributed by atoms with Crippen LogP contribution in [0.1, 0.15) is 22.8 Å². The van der Waals surface area contributed by atoms with Crippen molar-refractivity contribution in [2.45, 2.75) is 20.0 Å². The molecule has 0 aliphatic rings. The molecule has 0 spiro atoms. The normalized spacial score (nSPS) is 12.9. The van der Waals surface area contributed by atoms with E-state index in [2.05, 4.69) is 15.9 Å². The third kappa shape index (κ3) is 1.92. The summed E-state index contributed by atoms with van der Waals surface area (Å²) < 4.78 is 0.669. The Morgan fingerprint density at radius 1 is 1.50 bits per heavy atom. The maximum Gasteiger partial charge on any atom is 0.133 e. The van der Waals surface area contributed by atoms with Crippen LogP contribution >= 0.6 is 15.9 Å². The first kappa shape index (κ1) is 11.5. The van der Waals surface area contributed by atoms with E-state index in [0.29, 0.717) is 15.6 Å². The van der Waals surface area contributed by atoms with Crippen LogP contribution < -0.4 is 5.73 Å². The number of aliphatic hydroxyl groups is 1. The van der Waals surface area contributed by atoms with Crippen LogP contribution in [0.2, 0.25) is 0 Å². The van der Waals surface area contributed by atoms with Crippen molar-refractivity contribution in [3.8, 4) is 5.75 Å². The van der Waals surface area contributed by atoms with Crippen LogP contribution in [0.3, 0.4) is 0 Å². The highest BCUT2D eigenvalue weighted by molar-refractivity contribution is 9.10. The topological polar surface area (TPSA) is 66.5 Å². The fourth-order valence-corrected chi connectivity index (χ4v) is 1.78. The molecule has 1 rings (SSSR count). The average Bonchev–Trinajstić information content (AvgIpc) is 2.19.